The summed E-state index contributed by atoms with van der Waals surface area (Å²) in [4.78, 5) is 11.6. The molecule has 172 valence electrons. The first kappa shape index (κ1) is 26.6. The van der Waals surface area contributed by atoms with Crippen molar-refractivity contribution < 1.29 is 19.7 Å². The van der Waals surface area contributed by atoms with E-state index in [-0.39, 0.29) is 30.7 Å². The Hall–Kier alpha value is -1.39. The lowest BCUT2D eigenvalue weighted by Crippen LogP contribution is -2.32. The maximum absolute atomic E-state index is 11.6. The van der Waals surface area contributed by atoms with Gasteiger partial charge in [0.1, 0.15) is 6.10 Å². The van der Waals surface area contributed by atoms with Crippen molar-refractivity contribution in [3.8, 4) is 0 Å². The fourth-order valence-corrected chi connectivity index (χ4v) is 4.17. The Kier molecular flexibility index (Phi) is 15.4. The predicted molar refractivity (Wildman–Crippen MR) is 124 cm³/mol. The molecular formula is C26H44O4. The molecule has 1 rings (SSSR count). The van der Waals surface area contributed by atoms with Gasteiger partial charge in [-0.3, -0.25) is 4.79 Å². The largest absolute Gasteiger partial charge is 0.462 e. The average Bonchev–Trinajstić information content (AvgIpc) is 2.73. The number of hydrogen-bond donors (Lipinski definition) is 2. The van der Waals surface area contributed by atoms with Crippen molar-refractivity contribution in [3.05, 3.63) is 36.5 Å². The van der Waals surface area contributed by atoms with Gasteiger partial charge in [-0.05, 0) is 44.4 Å². The van der Waals surface area contributed by atoms with Crippen LogP contribution >= 0.6 is 0 Å². The lowest BCUT2D eigenvalue weighted by molar-refractivity contribution is -0.150. The number of carbonyl (C=O) groups is 1. The average molecular weight is 421 g/mol. The third-order valence-corrected chi connectivity index (χ3v) is 5.88. The van der Waals surface area contributed by atoms with Gasteiger partial charge >= 0.3 is 5.97 Å². The molecule has 30 heavy (non-hydrogen) atoms. The van der Waals surface area contributed by atoms with Gasteiger partial charge in [-0.15, -0.1) is 0 Å². The van der Waals surface area contributed by atoms with Gasteiger partial charge in [0.2, 0.25) is 0 Å². The molecule has 2 N–H and O–H groups in total. The number of carbonyl (C=O) groups excluding carboxylic acids is 1. The van der Waals surface area contributed by atoms with Crippen LogP contribution in [-0.4, -0.2) is 35.0 Å². The monoisotopic (exact) mass is 420 g/mol. The Balaban J connectivity index is 2.50. The molecule has 0 aromatic carbocycles. The third kappa shape index (κ3) is 12.3. The predicted octanol–water partition coefficient (Wildman–Crippen LogP) is 5.89. The summed E-state index contributed by atoms with van der Waals surface area (Å²) in [6, 6.07) is 0. The van der Waals surface area contributed by atoms with Crippen LogP contribution in [0.1, 0.15) is 90.9 Å². The molecule has 0 aromatic rings. The normalized spacial score (nSPS) is 21.3. The zero-order chi connectivity index (χ0) is 22.0. The molecule has 1 aliphatic rings. The first-order valence-electron chi connectivity index (χ1n) is 12.0. The molecule has 4 heteroatoms. The second-order valence-corrected chi connectivity index (χ2v) is 8.53. The number of ether oxygens (including phenoxy) is 1. The van der Waals surface area contributed by atoms with E-state index in [1.54, 1.807) is 0 Å². The highest BCUT2D eigenvalue weighted by molar-refractivity contribution is 5.66. The Morgan fingerprint density at radius 1 is 1.03 bits per heavy atom. The Bertz CT molecular complexity index is 523. The fraction of sp³-hybridized carbons (Fsp3) is 0.731. The summed E-state index contributed by atoms with van der Waals surface area (Å²) in [7, 11) is 0. The second-order valence-electron chi connectivity index (χ2n) is 8.53. The molecule has 0 saturated heterocycles. The van der Waals surface area contributed by atoms with Gasteiger partial charge in [0.05, 0.1) is 6.10 Å². The number of unbranched alkanes of at least 4 members (excludes halogenated alkanes) is 6. The minimum atomic E-state index is -0.379. The number of hydrogen-bond acceptors (Lipinski definition) is 4. The molecule has 0 bridgehead atoms. The molecule has 0 radical (unpaired) electrons. The lowest BCUT2D eigenvalue weighted by atomic mass is 9.78. The fourth-order valence-electron chi connectivity index (χ4n) is 4.17. The summed E-state index contributed by atoms with van der Waals surface area (Å²) >= 11 is 0. The van der Waals surface area contributed by atoms with Crippen molar-refractivity contribution >= 4 is 5.97 Å². The molecule has 0 saturated carbocycles. The smallest absolute Gasteiger partial charge is 0.302 e. The topological polar surface area (TPSA) is 66.8 Å². The van der Waals surface area contributed by atoms with Crippen molar-refractivity contribution in [1.29, 1.82) is 0 Å². The molecule has 0 heterocycles. The van der Waals surface area contributed by atoms with E-state index in [0.29, 0.717) is 5.92 Å². The highest BCUT2D eigenvalue weighted by atomic mass is 16.5. The summed E-state index contributed by atoms with van der Waals surface area (Å²) in [5.41, 5.74) is 0. The molecule has 0 fully saturated rings. The van der Waals surface area contributed by atoms with E-state index in [1.165, 1.54) is 39.0 Å². The minimum absolute atomic E-state index is 0.115. The number of esters is 1. The van der Waals surface area contributed by atoms with Crippen molar-refractivity contribution in [3.63, 3.8) is 0 Å². The van der Waals surface area contributed by atoms with Crippen molar-refractivity contribution in [2.24, 2.45) is 11.8 Å². The van der Waals surface area contributed by atoms with Crippen LogP contribution in [0.15, 0.2) is 36.5 Å². The van der Waals surface area contributed by atoms with Crippen molar-refractivity contribution in [2.75, 3.05) is 6.61 Å². The number of rotatable bonds is 16. The summed E-state index contributed by atoms with van der Waals surface area (Å²) in [5.74, 6) is 0.336. The van der Waals surface area contributed by atoms with Gasteiger partial charge in [-0.1, -0.05) is 81.9 Å². The summed E-state index contributed by atoms with van der Waals surface area (Å²) in [6.45, 7) is 3.87. The lowest BCUT2D eigenvalue weighted by Gasteiger charge is -2.33. The van der Waals surface area contributed by atoms with Crippen LogP contribution in [0.5, 0.6) is 0 Å². The van der Waals surface area contributed by atoms with Crippen LogP contribution in [0.2, 0.25) is 0 Å². The minimum Gasteiger partial charge on any atom is -0.462 e. The molecule has 0 aromatic heterocycles. The summed E-state index contributed by atoms with van der Waals surface area (Å²) in [5, 5.41) is 19.2. The van der Waals surface area contributed by atoms with E-state index in [0.717, 1.165) is 44.9 Å². The van der Waals surface area contributed by atoms with Crippen LogP contribution in [-0.2, 0) is 9.53 Å². The number of aliphatic hydroxyl groups excluding tert-OH is 2. The molecule has 4 atom stereocenters. The van der Waals surface area contributed by atoms with Gasteiger partial charge in [0.15, 0.2) is 0 Å². The van der Waals surface area contributed by atoms with E-state index in [1.807, 2.05) is 18.2 Å². The maximum atomic E-state index is 11.6. The quantitative estimate of drug-likeness (QED) is 0.141. The maximum Gasteiger partial charge on any atom is 0.302 e. The molecule has 1 aliphatic carbocycles. The van der Waals surface area contributed by atoms with Crippen LogP contribution in [0.3, 0.4) is 0 Å². The molecule has 0 aliphatic heterocycles. The van der Waals surface area contributed by atoms with Crippen LogP contribution in [0, 0.1) is 11.8 Å². The van der Waals surface area contributed by atoms with Crippen molar-refractivity contribution in [2.45, 2.75) is 103 Å². The first-order chi connectivity index (χ1) is 14.6. The van der Waals surface area contributed by atoms with Gasteiger partial charge in [0.25, 0.3) is 0 Å². The number of allylic oxidation sites excluding steroid dienone is 5. The van der Waals surface area contributed by atoms with Gasteiger partial charge < -0.3 is 14.9 Å². The van der Waals surface area contributed by atoms with Gasteiger partial charge in [-0.25, -0.2) is 0 Å². The third-order valence-electron chi connectivity index (χ3n) is 5.88. The molecular weight excluding hydrogens is 376 g/mol. The zero-order valence-electron chi connectivity index (χ0n) is 19.2. The standard InChI is InChI=1S/C26H44O4/c1-3-4-5-6-7-8-17-24(29)18-11-9-15-23-16-10-12-19-25(23)26(30-22(2)28)20-13-14-21-27/h9-12,15,18,23-27,29H,3-8,13-14,16-17,19-21H2,1-2H3/t23-,24?,25-,26?/m1/s1. The van der Waals surface area contributed by atoms with Crippen molar-refractivity contribution in [1.82, 2.24) is 0 Å². The van der Waals surface area contributed by atoms with E-state index < -0.39 is 0 Å². The summed E-state index contributed by atoms with van der Waals surface area (Å²) in [6.07, 6.45) is 24.4. The number of aliphatic hydroxyl groups is 2. The van der Waals surface area contributed by atoms with E-state index in [9.17, 15) is 9.90 Å². The van der Waals surface area contributed by atoms with E-state index in [4.69, 9.17) is 9.84 Å². The zero-order valence-corrected chi connectivity index (χ0v) is 19.2. The van der Waals surface area contributed by atoms with Crippen LogP contribution < -0.4 is 0 Å². The Morgan fingerprint density at radius 2 is 1.73 bits per heavy atom. The SMILES string of the molecule is CCCCCCCCC(O)C=CC=C[C@@H]1CC=CC[C@H]1C(CCCCO)OC(C)=O. The Morgan fingerprint density at radius 3 is 2.47 bits per heavy atom. The summed E-state index contributed by atoms with van der Waals surface area (Å²) < 4.78 is 5.64. The molecule has 4 nitrogen and oxygen atoms in total. The molecule has 2 unspecified atom stereocenters. The van der Waals surface area contributed by atoms with E-state index in [2.05, 4.69) is 25.2 Å². The highest BCUT2D eigenvalue weighted by Gasteiger charge is 2.30. The van der Waals surface area contributed by atoms with Crippen LogP contribution in [0.25, 0.3) is 0 Å². The van der Waals surface area contributed by atoms with Gasteiger partial charge in [-0.2, -0.15) is 0 Å². The van der Waals surface area contributed by atoms with Crippen LogP contribution in [0.4, 0.5) is 0 Å². The highest BCUT2D eigenvalue weighted by Crippen LogP contribution is 2.33. The second kappa shape index (κ2) is 17.3. The Labute approximate surface area is 184 Å². The van der Waals surface area contributed by atoms with Gasteiger partial charge in [0, 0.05) is 19.4 Å². The molecule has 0 spiro atoms. The first-order valence-corrected chi connectivity index (χ1v) is 12.0. The molecule has 0 amide bonds. The van der Waals surface area contributed by atoms with E-state index >= 15 is 0 Å².